The molecule has 3 N–H and O–H groups in total. The summed E-state index contributed by atoms with van der Waals surface area (Å²) in [5.74, 6) is 1.77. The zero-order valence-corrected chi connectivity index (χ0v) is 16.7. The first kappa shape index (κ1) is 19.9. The summed E-state index contributed by atoms with van der Waals surface area (Å²) in [5.41, 5.74) is 9.99. The van der Waals surface area contributed by atoms with E-state index in [2.05, 4.69) is 5.32 Å². The lowest BCUT2D eigenvalue weighted by Crippen LogP contribution is -2.31. The van der Waals surface area contributed by atoms with E-state index in [1.807, 2.05) is 30.3 Å². The fraction of sp³-hybridized carbons (Fsp3) is 0.409. The van der Waals surface area contributed by atoms with E-state index in [9.17, 15) is 4.79 Å². The first-order valence-electron chi connectivity index (χ1n) is 9.52. The summed E-state index contributed by atoms with van der Waals surface area (Å²) < 4.78 is 16.2. The summed E-state index contributed by atoms with van der Waals surface area (Å²) in [7, 11) is 4.75. The van der Waals surface area contributed by atoms with Crippen molar-refractivity contribution < 1.29 is 19.0 Å². The highest BCUT2D eigenvalue weighted by Gasteiger charge is 2.22. The molecule has 150 valence electrons. The van der Waals surface area contributed by atoms with Crippen LogP contribution in [0.25, 0.3) is 0 Å². The fourth-order valence-electron chi connectivity index (χ4n) is 3.86. The van der Waals surface area contributed by atoms with Crippen molar-refractivity contribution in [2.24, 2.45) is 0 Å². The minimum Gasteiger partial charge on any atom is -0.493 e. The zero-order valence-electron chi connectivity index (χ0n) is 16.7. The van der Waals surface area contributed by atoms with E-state index in [1.54, 1.807) is 21.3 Å². The first-order chi connectivity index (χ1) is 13.6. The van der Waals surface area contributed by atoms with E-state index in [0.717, 1.165) is 30.5 Å². The van der Waals surface area contributed by atoms with Gasteiger partial charge in [0.25, 0.3) is 0 Å². The Morgan fingerprint density at radius 2 is 1.89 bits per heavy atom. The van der Waals surface area contributed by atoms with Gasteiger partial charge in [-0.3, -0.25) is 4.79 Å². The number of amides is 1. The molecular formula is C22H28N2O4. The van der Waals surface area contributed by atoms with Crippen LogP contribution in [0.15, 0.2) is 30.3 Å². The SMILES string of the molecule is COc1ccc(CCC(=O)NC2CCCc3cc(N)ccc32)c(OC)c1OC. The number of fused-ring (bicyclic) bond motifs is 1. The maximum absolute atomic E-state index is 12.6. The number of nitrogens with two attached hydrogens (primary N) is 1. The van der Waals surface area contributed by atoms with Gasteiger partial charge in [0.15, 0.2) is 11.5 Å². The van der Waals surface area contributed by atoms with Gasteiger partial charge < -0.3 is 25.3 Å². The first-order valence-corrected chi connectivity index (χ1v) is 9.52. The van der Waals surface area contributed by atoms with E-state index in [0.29, 0.717) is 30.1 Å². The number of benzene rings is 2. The highest BCUT2D eigenvalue weighted by atomic mass is 16.5. The second-order valence-electron chi connectivity index (χ2n) is 6.96. The number of carbonyl (C=O) groups excluding carboxylic acids is 1. The van der Waals surface area contributed by atoms with Crippen LogP contribution in [-0.2, 0) is 17.6 Å². The van der Waals surface area contributed by atoms with Gasteiger partial charge in [0.05, 0.1) is 27.4 Å². The number of nitrogen functional groups attached to an aromatic ring is 1. The quantitative estimate of drug-likeness (QED) is 0.715. The number of anilines is 1. The largest absolute Gasteiger partial charge is 0.493 e. The van der Waals surface area contributed by atoms with E-state index in [1.165, 1.54) is 11.1 Å². The van der Waals surface area contributed by atoms with Crippen molar-refractivity contribution in [3.63, 3.8) is 0 Å². The van der Waals surface area contributed by atoms with Gasteiger partial charge in [-0.15, -0.1) is 0 Å². The number of hydrogen-bond acceptors (Lipinski definition) is 5. The predicted octanol–water partition coefficient (Wildman–Crippen LogP) is 3.42. The number of hydrogen-bond donors (Lipinski definition) is 2. The van der Waals surface area contributed by atoms with Crippen molar-refractivity contribution in [3.8, 4) is 17.2 Å². The van der Waals surface area contributed by atoms with Crippen LogP contribution in [0.1, 0.15) is 42.0 Å². The predicted molar refractivity (Wildman–Crippen MR) is 109 cm³/mol. The molecule has 0 saturated carbocycles. The van der Waals surface area contributed by atoms with Crippen LogP contribution in [0, 0.1) is 0 Å². The van der Waals surface area contributed by atoms with Gasteiger partial charge in [-0.05, 0) is 60.6 Å². The van der Waals surface area contributed by atoms with Crippen LogP contribution in [0.3, 0.4) is 0 Å². The third kappa shape index (κ3) is 4.16. The molecule has 0 aliphatic heterocycles. The molecule has 1 amide bonds. The van der Waals surface area contributed by atoms with Crippen molar-refractivity contribution in [2.45, 2.75) is 38.1 Å². The highest BCUT2D eigenvalue weighted by Crippen LogP contribution is 2.40. The van der Waals surface area contributed by atoms with Gasteiger partial charge in [-0.2, -0.15) is 0 Å². The van der Waals surface area contributed by atoms with Crippen LogP contribution in [0.2, 0.25) is 0 Å². The van der Waals surface area contributed by atoms with E-state index in [4.69, 9.17) is 19.9 Å². The Balaban J connectivity index is 1.67. The summed E-state index contributed by atoms with van der Waals surface area (Å²) >= 11 is 0. The summed E-state index contributed by atoms with van der Waals surface area (Å²) in [6.07, 6.45) is 3.92. The van der Waals surface area contributed by atoms with Crippen LogP contribution in [0.4, 0.5) is 5.69 Å². The molecule has 0 saturated heterocycles. The highest BCUT2D eigenvalue weighted by molar-refractivity contribution is 5.77. The topological polar surface area (TPSA) is 82.8 Å². The van der Waals surface area contributed by atoms with E-state index < -0.39 is 0 Å². The molecule has 1 aliphatic rings. The molecular weight excluding hydrogens is 356 g/mol. The Morgan fingerprint density at radius 3 is 2.61 bits per heavy atom. The Labute approximate surface area is 166 Å². The van der Waals surface area contributed by atoms with Crippen molar-refractivity contribution in [3.05, 3.63) is 47.0 Å². The van der Waals surface area contributed by atoms with Gasteiger partial charge in [0, 0.05) is 12.1 Å². The monoisotopic (exact) mass is 384 g/mol. The lowest BCUT2D eigenvalue weighted by molar-refractivity contribution is -0.121. The van der Waals surface area contributed by atoms with Crippen LogP contribution >= 0.6 is 0 Å². The number of aryl methyl sites for hydroxylation is 2. The lowest BCUT2D eigenvalue weighted by atomic mass is 9.87. The molecule has 6 heteroatoms. The Kier molecular flexibility index (Phi) is 6.29. The van der Waals surface area contributed by atoms with Crippen LogP contribution in [-0.4, -0.2) is 27.2 Å². The maximum atomic E-state index is 12.6. The molecule has 0 aromatic heterocycles. The molecule has 0 bridgehead atoms. The van der Waals surface area contributed by atoms with E-state index >= 15 is 0 Å². The standard InChI is InChI=1S/C22H28N2O4/c1-26-19-11-7-14(21(27-2)22(19)28-3)8-12-20(25)24-18-6-4-5-15-13-16(23)9-10-17(15)18/h7,9-11,13,18H,4-6,8,12,23H2,1-3H3,(H,24,25). The molecule has 2 aromatic carbocycles. The minimum atomic E-state index is 0.0199. The van der Waals surface area contributed by atoms with E-state index in [-0.39, 0.29) is 11.9 Å². The third-order valence-electron chi connectivity index (χ3n) is 5.22. The van der Waals surface area contributed by atoms with Gasteiger partial charge in [0.1, 0.15) is 0 Å². The fourth-order valence-corrected chi connectivity index (χ4v) is 3.86. The maximum Gasteiger partial charge on any atom is 0.220 e. The minimum absolute atomic E-state index is 0.0199. The molecule has 0 radical (unpaired) electrons. The van der Waals surface area contributed by atoms with Crippen LogP contribution < -0.4 is 25.3 Å². The number of ether oxygens (including phenoxy) is 3. The Hall–Kier alpha value is -2.89. The second-order valence-corrected chi connectivity index (χ2v) is 6.96. The smallest absolute Gasteiger partial charge is 0.220 e. The van der Waals surface area contributed by atoms with Gasteiger partial charge in [0.2, 0.25) is 11.7 Å². The van der Waals surface area contributed by atoms with Gasteiger partial charge >= 0.3 is 0 Å². The summed E-state index contributed by atoms with van der Waals surface area (Å²) in [4.78, 5) is 12.6. The molecule has 1 unspecified atom stereocenters. The number of rotatable bonds is 7. The van der Waals surface area contributed by atoms with Gasteiger partial charge in [-0.25, -0.2) is 0 Å². The average molecular weight is 384 g/mol. The second kappa shape index (κ2) is 8.87. The molecule has 1 aliphatic carbocycles. The van der Waals surface area contributed by atoms with Gasteiger partial charge in [-0.1, -0.05) is 12.1 Å². The lowest BCUT2D eigenvalue weighted by Gasteiger charge is -2.26. The number of methoxy groups -OCH3 is 3. The Bertz CT molecular complexity index is 851. The van der Waals surface area contributed by atoms with Crippen LogP contribution in [0.5, 0.6) is 17.2 Å². The van der Waals surface area contributed by atoms with Crippen molar-refractivity contribution in [1.82, 2.24) is 5.32 Å². The number of carbonyl (C=O) groups is 1. The Morgan fingerprint density at radius 1 is 1.11 bits per heavy atom. The van der Waals surface area contributed by atoms with Crippen molar-refractivity contribution >= 4 is 11.6 Å². The summed E-state index contributed by atoms with van der Waals surface area (Å²) in [6, 6.07) is 9.73. The zero-order chi connectivity index (χ0) is 20.1. The molecule has 28 heavy (non-hydrogen) atoms. The molecule has 2 aromatic rings. The summed E-state index contributed by atoms with van der Waals surface area (Å²) in [6.45, 7) is 0. The molecule has 1 atom stereocenters. The van der Waals surface area contributed by atoms with Crippen molar-refractivity contribution in [1.29, 1.82) is 0 Å². The average Bonchev–Trinajstić information content (AvgIpc) is 2.71. The third-order valence-corrected chi connectivity index (χ3v) is 5.22. The molecule has 0 heterocycles. The summed E-state index contributed by atoms with van der Waals surface area (Å²) in [5, 5.41) is 3.18. The molecule has 6 nitrogen and oxygen atoms in total. The van der Waals surface area contributed by atoms with Crippen molar-refractivity contribution in [2.75, 3.05) is 27.1 Å². The molecule has 3 rings (SSSR count). The number of nitrogens with one attached hydrogen (secondary N) is 1. The molecule has 0 spiro atoms. The molecule has 0 fully saturated rings. The normalized spacial score (nSPS) is 15.5.